The van der Waals surface area contributed by atoms with Gasteiger partial charge in [-0.2, -0.15) is 0 Å². The minimum atomic E-state index is -0.474. The second-order valence-electron chi connectivity index (χ2n) is 3.99. The number of benzene rings is 1. The topological polar surface area (TPSA) is 49.3 Å². The first-order chi connectivity index (χ1) is 7.68. The van der Waals surface area contributed by atoms with Crippen molar-refractivity contribution >= 4 is 5.91 Å². The number of rotatable bonds is 6. The highest BCUT2D eigenvalue weighted by Crippen LogP contribution is 2.04. The second kappa shape index (κ2) is 7.01. The van der Waals surface area contributed by atoms with Crippen molar-refractivity contribution < 1.29 is 9.90 Å². The summed E-state index contributed by atoms with van der Waals surface area (Å²) in [5.74, 6) is 0.0110. The summed E-state index contributed by atoms with van der Waals surface area (Å²) in [7, 11) is 0. The van der Waals surface area contributed by atoms with E-state index in [2.05, 4.69) is 17.4 Å². The Balaban J connectivity index is 2.13. The van der Waals surface area contributed by atoms with Gasteiger partial charge < -0.3 is 10.4 Å². The van der Waals surface area contributed by atoms with Gasteiger partial charge in [-0.25, -0.2) is 0 Å². The van der Waals surface area contributed by atoms with Crippen LogP contribution in [0.25, 0.3) is 0 Å². The van der Waals surface area contributed by atoms with Crippen molar-refractivity contribution in [3.05, 3.63) is 35.9 Å². The van der Waals surface area contributed by atoms with Crippen LogP contribution in [0.4, 0.5) is 0 Å². The highest BCUT2D eigenvalue weighted by atomic mass is 16.3. The van der Waals surface area contributed by atoms with E-state index in [-0.39, 0.29) is 5.91 Å². The number of carbonyl (C=O) groups excluding carboxylic acids is 1. The smallest absolute Gasteiger partial charge is 0.220 e. The lowest BCUT2D eigenvalue weighted by atomic mass is 10.1. The highest BCUT2D eigenvalue weighted by molar-refractivity contribution is 5.75. The molecule has 0 aliphatic heterocycles. The van der Waals surface area contributed by atoms with E-state index in [1.54, 1.807) is 6.92 Å². The summed E-state index contributed by atoms with van der Waals surface area (Å²) in [5, 5.41) is 11.7. The molecule has 0 fully saturated rings. The van der Waals surface area contributed by atoms with Crippen LogP contribution in [-0.4, -0.2) is 23.7 Å². The molecule has 1 atom stereocenters. The van der Waals surface area contributed by atoms with Crippen molar-refractivity contribution in [2.45, 2.75) is 32.3 Å². The summed E-state index contributed by atoms with van der Waals surface area (Å²) in [6.07, 6.45) is 1.80. The van der Waals surface area contributed by atoms with Crippen LogP contribution in [0, 0.1) is 0 Å². The molecule has 2 N–H and O–H groups in total. The summed E-state index contributed by atoms with van der Waals surface area (Å²) in [6, 6.07) is 10.1. The average Bonchev–Trinajstić information content (AvgIpc) is 2.28. The first kappa shape index (κ1) is 12.7. The number of aryl methyl sites for hydroxylation is 1. The Morgan fingerprint density at radius 3 is 2.69 bits per heavy atom. The first-order valence-electron chi connectivity index (χ1n) is 5.67. The van der Waals surface area contributed by atoms with E-state index < -0.39 is 6.10 Å². The van der Waals surface area contributed by atoms with Gasteiger partial charge in [0.05, 0.1) is 6.10 Å². The molecule has 88 valence electrons. The number of aliphatic hydroxyl groups is 1. The summed E-state index contributed by atoms with van der Waals surface area (Å²) in [5.41, 5.74) is 1.26. The Bertz CT molecular complexity index is 309. The Morgan fingerprint density at radius 1 is 1.38 bits per heavy atom. The number of hydrogen-bond donors (Lipinski definition) is 2. The molecule has 0 bridgehead atoms. The third-order valence-corrected chi connectivity index (χ3v) is 2.31. The van der Waals surface area contributed by atoms with Crippen LogP contribution < -0.4 is 5.32 Å². The van der Waals surface area contributed by atoms with Gasteiger partial charge in [0.15, 0.2) is 0 Å². The molecule has 16 heavy (non-hydrogen) atoms. The lowest BCUT2D eigenvalue weighted by Crippen LogP contribution is -2.30. The lowest BCUT2D eigenvalue weighted by molar-refractivity contribution is -0.121. The fourth-order valence-corrected chi connectivity index (χ4v) is 1.45. The van der Waals surface area contributed by atoms with Gasteiger partial charge in [0.25, 0.3) is 0 Å². The summed E-state index contributed by atoms with van der Waals surface area (Å²) in [4.78, 5) is 11.3. The molecule has 0 saturated carbocycles. The largest absolute Gasteiger partial charge is 0.392 e. The van der Waals surface area contributed by atoms with Crippen LogP contribution in [0.15, 0.2) is 30.3 Å². The fourth-order valence-electron chi connectivity index (χ4n) is 1.45. The number of nitrogens with one attached hydrogen (secondary N) is 1. The van der Waals surface area contributed by atoms with Crippen LogP contribution >= 0.6 is 0 Å². The minimum Gasteiger partial charge on any atom is -0.392 e. The molecule has 0 spiro atoms. The molecular weight excluding hydrogens is 202 g/mol. The predicted molar refractivity (Wildman–Crippen MR) is 64.1 cm³/mol. The number of carbonyl (C=O) groups is 1. The maximum atomic E-state index is 11.3. The van der Waals surface area contributed by atoms with E-state index in [9.17, 15) is 4.79 Å². The van der Waals surface area contributed by atoms with Crippen molar-refractivity contribution in [1.82, 2.24) is 5.32 Å². The number of amides is 1. The van der Waals surface area contributed by atoms with Gasteiger partial charge in [-0.15, -0.1) is 0 Å². The summed E-state index contributed by atoms with van der Waals surface area (Å²) in [6.45, 7) is 1.99. The number of hydrogen-bond acceptors (Lipinski definition) is 2. The van der Waals surface area contributed by atoms with Crippen molar-refractivity contribution in [2.75, 3.05) is 6.54 Å². The maximum absolute atomic E-state index is 11.3. The third kappa shape index (κ3) is 5.51. The molecule has 0 unspecified atom stereocenters. The van der Waals surface area contributed by atoms with E-state index in [1.807, 2.05) is 18.2 Å². The van der Waals surface area contributed by atoms with E-state index in [4.69, 9.17) is 5.11 Å². The molecule has 0 saturated heterocycles. The van der Waals surface area contributed by atoms with Crippen molar-refractivity contribution in [2.24, 2.45) is 0 Å². The third-order valence-electron chi connectivity index (χ3n) is 2.31. The van der Waals surface area contributed by atoms with E-state index in [0.717, 1.165) is 12.8 Å². The molecule has 0 aromatic heterocycles. The van der Waals surface area contributed by atoms with Gasteiger partial charge in [0.1, 0.15) is 0 Å². The Hall–Kier alpha value is -1.35. The van der Waals surface area contributed by atoms with Crippen molar-refractivity contribution in [3.63, 3.8) is 0 Å². The molecule has 1 aromatic carbocycles. The molecule has 0 aliphatic rings. The van der Waals surface area contributed by atoms with E-state index in [1.165, 1.54) is 5.56 Å². The van der Waals surface area contributed by atoms with Crippen molar-refractivity contribution in [1.29, 1.82) is 0 Å². The lowest BCUT2D eigenvalue weighted by Gasteiger charge is -2.06. The fraction of sp³-hybridized carbons (Fsp3) is 0.462. The van der Waals surface area contributed by atoms with E-state index in [0.29, 0.717) is 13.0 Å². The monoisotopic (exact) mass is 221 g/mol. The van der Waals surface area contributed by atoms with Gasteiger partial charge >= 0.3 is 0 Å². The van der Waals surface area contributed by atoms with Crippen LogP contribution in [0.3, 0.4) is 0 Å². The molecule has 1 rings (SSSR count). The Morgan fingerprint density at radius 2 is 2.06 bits per heavy atom. The first-order valence-corrected chi connectivity index (χ1v) is 5.67. The van der Waals surface area contributed by atoms with Crippen LogP contribution in [0.5, 0.6) is 0 Å². The van der Waals surface area contributed by atoms with Gasteiger partial charge in [0, 0.05) is 13.0 Å². The van der Waals surface area contributed by atoms with Gasteiger partial charge in [0.2, 0.25) is 5.91 Å². The van der Waals surface area contributed by atoms with Gasteiger partial charge in [-0.3, -0.25) is 4.79 Å². The zero-order chi connectivity index (χ0) is 11.8. The Kier molecular flexibility index (Phi) is 5.57. The molecule has 0 heterocycles. The van der Waals surface area contributed by atoms with Crippen LogP contribution in [-0.2, 0) is 11.2 Å². The van der Waals surface area contributed by atoms with Gasteiger partial charge in [-0.05, 0) is 25.3 Å². The van der Waals surface area contributed by atoms with Crippen LogP contribution in [0.2, 0.25) is 0 Å². The average molecular weight is 221 g/mol. The highest BCUT2D eigenvalue weighted by Gasteiger charge is 2.02. The predicted octanol–water partition coefficient (Wildman–Crippen LogP) is 1.51. The van der Waals surface area contributed by atoms with Crippen LogP contribution in [0.1, 0.15) is 25.3 Å². The second-order valence-corrected chi connectivity index (χ2v) is 3.99. The molecule has 3 heteroatoms. The minimum absolute atomic E-state index is 0.0110. The molecule has 1 amide bonds. The zero-order valence-electron chi connectivity index (χ0n) is 9.65. The van der Waals surface area contributed by atoms with Crippen molar-refractivity contribution in [3.8, 4) is 0 Å². The Labute approximate surface area is 96.5 Å². The SMILES string of the molecule is C[C@@H](O)CNC(=O)CCCc1ccccc1. The molecule has 3 nitrogen and oxygen atoms in total. The number of aliphatic hydroxyl groups excluding tert-OH is 1. The normalized spacial score (nSPS) is 12.1. The maximum Gasteiger partial charge on any atom is 0.220 e. The quantitative estimate of drug-likeness (QED) is 0.765. The van der Waals surface area contributed by atoms with E-state index >= 15 is 0 Å². The summed E-state index contributed by atoms with van der Waals surface area (Å²) >= 11 is 0. The zero-order valence-corrected chi connectivity index (χ0v) is 9.65. The molecule has 0 radical (unpaired) electrons. The molecule has 0 aliphatic carbocycles. The summed E-state index contributed by atoms with van der Waals surface area (Å²) < 4.78 is 0. The van der Waals surface area contributed by atoms with Gasteiger partial charge in [-0.1, -0.05) is 30.3 Å². The standard InChI is InChI=1S/C13H19NO2/c1-11(15)10-14-13(16)9-5-8-12-6-3-2-4-7-12/h2-4,6-7,11,15H,5,8-10H2,1H3,(H,14,16)/t11-/m1/s1. The molecular formula is C13H19NO2. The molecule has 1 aromatic rings.